The Morgan fingerprint density at radius 3 is 2.64 bits per heavy atom. The molecule has 4 nitrogen and oxygen atoms in total. The first-order valence-electron chi connectivity index (χ1n) is 8.37. The third-order valence-corrected chi connectivity index (χ3v) is 5.77. The second kappa shape index (κ2) is 8.21. The van der Waals surface area contributed by atoms with E-state index in [0.29, 0.717) is 29.7 Å². The zero-order valence-corrected chi connectivity index (χ0v) is 16.1. The van der Waals surface area contributed by atoms with Crippen molar-refractivity contribution in [2.24, 2.45) is 0 Å². The van der Waals surface area contributed by atoms with Crippen molar-refractivity contribution in [1.29, 1.82) is 0 Å². The maximum Gasteiger partial charge on any atom is 0.255 e. The summed E-state index contributed by atoms with van der Waals surface area (Å²) in [4.78, 5) is 22.4. The van der Waals surface area contributed by atoms with E-state index < -0.39 is 0 Å². The molecule has 1 aliphatic rings. The number of benzene rings is 1. The van der Waals surface area contributed by atoms with Crippen molar-refractivity contribution in [3.63, 3.8) is 0 Å². The predicted molar refractivity (Wildman–Crippen MR) is 103 cm³/mol. The average Bonchev–Trinajstić information content (AvgIpc) is 2.68. The van der Waals surface area contributed by atoms with E-state index in [0.717, 1.165) is 18.0 Å². The molecule has 25 heavy (non-hydrogen) atoms. The van der Waals surface area contributed by atoms with Crippen LogP contribution in [0, 0.1) is 0 Å². The molecule has 0 saturated carbocycles. The fourth-order valence-electron chi connectivity index (χ4n) is 3.11. The molecule has 0 spiro atoms. The van der Waals surface area contributed by atoms with Crippen LogP contribution in [0.25, 0.3) is 0 Å². The molecule has 3 rings (SSSR count). The van der Waals surface area contributed by atoms with Gasteiger partial charge in [0.15, 0.2) is 0 Å². The van der Waals surface area contributed by atoms with Gasteiger partial charge in [-0.2, -0.15) is 0 Å². The Morgan fingerprint density at radius 1 is 1.24 bits per heavy atom. The third-order valence-electron chi connectivity index (χ3n) is 4.72. The normalized spacial score (nSPS) is 16.7. The van der Waals surface area contributed by atoms with Gasteiger partial charge in [-0.05, 0) is 43.0 Å². The number of piperazine rings is 1. The Bertz CT molecular complexity index is 733. The number of thioether (sulfide) groups is 1. The summed E-state index contributed by atoms with van der Waals surface area (Å²) < 4.78 is 0. The van der Waals surface area contributed by atoms with Crippen LogP contribution < -0.4 is 0 Å². The molecule has 0 aliphatic carbocycles. The summed E-state index contributed by atoms with van der Waals surface area (Å²) in [6.45, 7) is 5.31. The number of pyridine rings is 1. The predicted octanol–water partition coefficient (Wildman–Crippen LogP) is 3.98. The van der Waals surface area contributed by atoms with Gasteiger partial charge < -0.3 is 4.90 Å². The van der Waals surface area contributed by atoms with Crippen molar-refractivity contribution in [1.82, 2.24) is 14.8 Å². The SMILES string of the molecule is CSc1ccc(Cl)c(C(=O)N2CCN(C(C)c3cccnc3)CC2)c1. The Kier molecular flexibility index (Phi) is 5.99. The molecule has 1 saturated heterocycles. The monoisotopic (exact) mass is 375 g/mol. The molecule has 1 aliphatic heterocycles. The molecule has 1 aromatic carbocycles. The molecule has 1 amide bonds. The van der Waals surface area contributed by atoms with Crippen LogP contribution in [0.2, 0.25) is 5.02 Å². The van der Waals surface area contributed by atoms with Crippen LogP contribution in [-0.4, -0.2) is 53.1 Å². The summed E-state index contributed by atoms with van der Waals surface area (Å²) in [5.41, 5.74) is 1.81. The topological polar surface area (TPSA) is 36.4 Å². The number of nitrogens with zero attached hydrogens (tertiary/aromatic N) is 3. The van der Waals surface area contributed by atoms with Gasteiger partial charge in [-0.3, -0.25) is 14.7 Å². The van der Waals surface area contributed by atoms with Crippen LogP contribution in [0.3, 0.4) is 0 Å². The van der Waals surface area contributed by atoms with Gasteiger partial charge in [0.05, 0.1) is 10.6 Å². The molecule has 1 unspecified atom stereocenters. The maximum absolute atomic E-state index is 12.8. The minimum absolute atomic E-state index is 0.0228. The minimum Gasteiger partial charge on any atom is -0.336 e. The van der Waals surface area contributed by atoms with E-state index in [1.54, 1.807) is 24.0 Å². The Hall–Kier alpha value is -1.56. The Morgan fingerprint density at radius 2 is 2.00 bits per heavy atom. The smallest absolute Gasteiger partial charge is 0.255 e. The van der Waals surface area contributed by atoms with Crippen LogP contribution in [0.1, 0.15) is 28.9 Å². The van der Waals surface area contributed by atoms with Crippen LogP contribution in [0.4, 0.5) is 0 Å². The number of amides is 1. The molecule has 2 heterocycles. The van der Waals surface area contributed by atoms with Crippen molar-refractivity contribution in [2.45, 2.75) is 17.9 Å². The van der Waals surface area contributed by atoms with E-state index in [2.05, 4.69) is 22.9 Å². The molecule has 2 aromatic rings. The molecule has 132 valence electrons. The summed E-state index contributed by atoms with van der Waals surface area (Å²) >= 11 is 7.87. The molecule has 0 bridgehead atoms. The molecule has 0 N–H and O–H groups in total. The Balaban J connectivity index is 1.65. The van der Waals surface area contributed by atoms with E-state index >= 15 is 0 Å². The average molecular weight is 376 g/mol. The van der Waals surface area contributed by atoms with Crippen molar-refractivity contribution in [2.75, 3.05) is 32.4 Å². The van der Waals surface area contributed by atoms with Crippen molar-refractivity contribution in [3.8, 4) is 0 Å². The molecule has 6 heteroatoms. The number of halogens is 1. The second-order valence-electron chi connectivity index (χ2n) is 6.14. The molecular formula is C19H22ClN3OS. The lowest BCUT2D eigenvalue weighted by molar-refractivity contribution is 0.0582. The number of carbonyl (C=O) groups excluding carboxylic acids is 1. The number of rotatable bonds is 4. The summed E-state index contributed by atoms with van der Waals surface area (Å²) in [5.74, 6) is 0.0228. The number of hydrogen-bond acceptors (Lipinski definition) is 4. The van der Waals surface area contributed by atoms with Crippen molar-refractivity contribution in [3.05, 3.63) is 58.9 Å². The Labute approximate surface area is 158 Å². The van der Waals surface area contributed by atoms with Gasteiger partial charge in [0.1, 0.15) is 0 Å². The van der Waals surface area contributed by atoms with Crippen LogP contribution in [0.15, 0.2) is 47.6 Å². The summed E-state index contributed by atoms with van der Waals surface area (Å²) in [5, 5.41) is 0.522. The first kappa shape index (κ1) is 18.2. The van der Waals surface area contributed by atoms with Crippen LogP contribution in [-0.2, 0) is 0 Å². The second-order valence-corrected chi connectivity index (χ2v) is 7.42. The van der Waals surface area contributed by atoms with E-state index in [-0.39, 0.29) is 5.91 Å². The molecule has 1 atom stereocenters. The van der Waals surface area contributed by atoms with E-state index in [1.165, 1.54) is 5.56 Å². The van der Waals surface area contributed by atoms with Gasteiger partial charge in [-0.25, -0.2) is 0 Å². The highest BCUT2D eigenvalue weighted by Gasteiger charge is 2.26. The molecule has 1 fully saturated rings. The van der Waals surface area contributed by atoms with Crippen LogP contribution in [0.5, 0.6) is 0 Å². The molecule has 0 radical (unpaired) electrons. The van der Waals surface area contributed by atoms with Gasteiger partial charge in [0.2, 0.25) is 0 Å². The third kappa shape index (κ3) is 4.17. The summed E-state index contributed by atoms with van der Waals surface area (Å²) in [6, 6.07) is 10.0. The number of carbonyl (C=O) groups is 1. The summed E-state index contributed by atoms with van der Waals surface area (Å²) in [6.07, 6.45) is 5.70. The van der Waals surface area contributed by atoms with Crippen molar-refractivity contribution < 1.29 is 4.79 Å². The zero-order chi connectivity index (χ0) is 17.8. The van der Waals surface area contributed by atoms with Gasteiger partial charge in [0, 0.05) is 49.5 Å². The first-order chi connectivity index (χ1) is 12.1. The van der Waals surface area contributed by atoms with Crippen LogP contribution >= 0.6 is 23.4 Å². The maximum atomic E-state index is 12.8. The highest BCUT2D eigenvalue weighted by Crippen LogP contribution is 2.26. The molecular weight excluding hydrogens is 354 g/mol. The first-order valence-corrected chi connectivity index (χ1v) is 9.97. The van der Waals surface area contributed by atoms with Gasteiger partial charge in [0.25, 0.3) is 5.91 Å². The quantitative estimate of drug-likeness (QED) is 0.757. The lowest BCUT2D eigenvalue weighted by Gasteiger charge is -2.38. The van der Waals surface area contributed by atoms with Gasteiger partial charge in [-0.1, -0.05) is 17.7 Å². The highest BCUT2D eigenvalue weighted by atomic mass is 35.5. The van der Waals surface area contributed by atoms with Gasteiger partial charge >= 0.3 is 0 Å². The molecule has 1 aromatic heterocycles. The van der Waals surface area contributed by atoms with E-state index in [9.17, 15) is 4.79 Å². The lowest BCUT2D eigenvalue weighted by atomic mass is 10.1. The van der Waals surface area contributed by atoms with E-state index in [4.69, 9.17) is 11.6 Å². The standard InChI is InChI=1S/C19H22ClN3OS/c1-14(15-4-3-7-21-13-15)22-8-10-23(11-9-22)19(24)17-12-16(25-2)5-6-18(17)20/h3-7,12-14H,8-11H2,1-2H3. The van der Waals surface area contributed by atoms with Gasteiger partial charge in [-0.15, -0.1) is 11.8 Å². The largest absolute Gasteiger partial charge is 0.336 e. The number of aromatic nitrogens is 1. The van der Waals surface area contributed by atoms with Crippen molar-refractivity contribution >= 4 is 29.3 Å². The highest BCUT2D eigenvalue weighted by molar-refractivity contribution is 7.98. The summed E-state index contributed by atoms with van der Waals surface area (Å²) in [7, 11) is 0. The lowest BCUT2D eigenvalue weighted by Crippen LogP contribution is -2.49. The zero-order valence-electron chi connectivity index (χ0n) is 14.5. The fourth-order valence-corrected chi connectivity index (χ4v) is 3.75. The fraction of sp³-hybridized carbons (Fsp3) is 0.368. The van der Waals surface area contributed by atoms with E-state index in [1.807, 2.05) is 35.6 Å². The minimum atomic E-state index is 0.0228. The number of hydrogen-bond donors (Lipinski definition) is 0.